The summed E-state index contributed by atoms with van der Waals surface area (Å²) in [5, 5.41) is 3.41. The van der Waals surface area contributed by atoms with Crippen LogP contribution in [-0.4, -0.2) is 47.1 Å². The average Bonchev–Trinajstić information content (AvgIpc) is 2.49. The van der Waals surface area contributed by atoms with Gasteiger partial charge in [-0.2, -0.15) is 0 Å². The van der Waals surface area contributed by atoms with Crippen LogP contribution < -0.4 is 10.1 Å². The summed E-state index contributed by atoms with van der Waals surface area (Å²) in [4.78, 5) is 0. The van der Waals surface area contributed by atoms with Gasteiger partial charge in [-0.1, -0.05) is 12.1 Å². The molecule has 1 aromatic carbocycles. The van der Waals surface area contributed by atoms with Crippen LogP contribution in [0.3, 0.4) is 0 Å². The summed E-state index contributed by atoms with van der Waals surface area (Å²) in [6.45, 7) is 6.10. The SMILES string of the molecule is CCOCC(CNCCOC)Cc1cccc(OC)c1. The highest BCUT2D eigenvalue weighted by atomic mass is 16.5. The van der Waals surface area contributed by atoms with Crippen molar-refractivity contribution in [3.05, 3.63) is 29.8 Å². The Kier molecular flexibility index (Phi) is 9.04. The molecule has 0 aromatic heterocycles. The van der Waals surface area contributed by atoms with Crippen LogP contribution in [0.25, 0.3) is 0 Å². The maximum atomic E-state index is 5.58. The smallest absolute Gasteiger partial charge is 0.119 e. The lowest BCUT2D eigenvalue weighted by atomic mass is 10.00. The molecule has 0 spiro atoms. The number of ether oxygens (including phenoxy) is 3. The lowest BCUT2D eigenvalue weighted by molar-refractivity contribution is 0.108. The van der Waals surface area contributed by atoms with Crippen molar-refractivity contribution in [2.24, 2.45) is 5.92 Å². The van der Waals surface area contributed by atoms with Crippen molar-refractivity contribution in [1.29, 1.82) is 0 Å². The monoisotopic (exact) mass is 281 g/mol. The highest BCUT2D eigenvalue weighted by Crippen LogP contribution is 2.16. The molecule has 0 aliphatic rings. The lowest BCUT2D eigenvalue weighted by Gasteiger charge is -2.18. The van der Waals surface area contributed by atoms with Crippen LogP contribution in [0.1, 0.15) is 12.5 Å². The van der Waals surface area contributed by atoms with Crippen molar-refractivity contribution in [2.75, 3.05) is 47.1 Å². The molecule has 0 aliphatic carbocycles. The zero-order valence-corrected chi connectivity index (χ0v) is 12.9. The van der Waals surface area contributed by atoms with Crippen molar-refractivity contribution in [3.63, 3.8) is 0 Å². The van der Waals surface area contributed by atoms with E-state index in [9.17, 15) is 0 Å². The second kappa shape index (κ2) is 10.7. The second-order valence-corrected chi connectivity index (χ2v) is 4.78. The van der Waals surface area contributed by atoms with Gasteiger partial charge in [-0.3, -0.25) is 0 Å². The van der Waals surface area contributed by atoms with Crippen LogP contribution in [-0.2, 0) is 15.9 Å². The average molecular weight is 281 g/mol. The van der Waals surface area contributed by atoms with Gasteiger partial charge in [0.1, 0.15) is 5.75 Å². The van der Waals surface area contributed by atoms with E-state index in [-0.39, 0.29) is 0 Å². The van der Waals surface area contributed by atoms with Gasteiger partial charge in [0, 0.05) is 26.8 Å². The van der Waals surface area contributed by atoms with Gasteiger partial charge in [-0.25, -0.2) is 0 Å². The molecule has 114 valence electrons. The van der Waals surface area contributed by atoms with E-state index in [0.717, 1.165) is 45.1 Å². The normalized spacial score (nSPS) is 12.3. The molecule has 1 rings (SSSR count). The zero-order valence-electron chi connectivity index (χ0n) is 12.9. The highest BCUT2D eigenvalue weighted by Gasteiger charge is 2.10. The van der Waals surface area contributed by atoms with Gasteiger partial charge in [-0.15, -0.1) is 0 Å². The van der Waals surface area contributed by atoms with Gasteiger partial charge < -0.3 is 19.5 Å². The fourth-order valence-electron chi connectivity index (χ4n) is 2.09. The Morgan fingerprint density at radius 3 is 2.80 bits per heavy atom. The van der Waals surface area contributed by atoms with Crippen molar-refractivity contribution >= 4 is 0 Å². The molecule has 0 bridgehead atoms. The summed E-state index contributed by atoms with van der Waals surface area (Å²) >= 11 is 0. The Labute approximate surface area is 122 Å². The van der Waals surface area contributed by atoms with Gasteiger partial charge in [0.15, 0.2) is 0 Å². The van der Waals surface area contributed by atoms with Crippen molar-refractivity contribution in [1.82, 2.24) is 5.32 Å². The van der Waals surface area contributed by atoms with E-state index in [1.807, 2.05) is 19.1 Å². The molecule has 0 heterocycles. The Morgan fingerprint density at radius 1 is 1.25 bits per heavy atom. The molecule has 1 aromatic rings. The van der Waals surface area contributed by atoms with Gasteiger partial charge in [0.25, 0.3) is 0 Å². The summed E-state index contributed by atoms with van der Waals surface area (Å²) in [6, 6.07) is 8.23. The van der Waals surface area contributed by atoms with E-state index >= 15 is 0 Å². The summed E-state index contributed by atoms with van der Waals surface area (Å²) in [5.41, 5.74) is 1.28. The third-order valence-electron chi connectivity index (χ3n) is 3.13. The van der Waals surface area contributed by atoms with Crippen LogP contribution in [0.15, 0.2) is 24.3 Å². The Hall–Kier alpha value is -1.10. The number of nitrogens with one attached hydrogen (secondary N) is 1. The number of benzene rings is 1. The Morgan fingerprint density at radius 2 is 2.10 bits per heavy atom. The molecule has 0 saturated heterocycles. The first kappa shape index (κ1) is 17.0. The van der Waals surface area contributed by atoms with Gasteiger partial charge in [0.2, 0.25) is 0 Å². The number of rotatable bonds is 11. The minimum Gasteiger partial charge on any atom is -0.497 e. The molecule has 4 heteroatoms. The third kappa shape index (κ3) is 6.89. The fraction of sp³-hybridized carbons (Fsp3) is 0.625. The van der Waals surface area contributed by atoms with Crippen molar-refractivity contribution < 1.29 is 14.2 Å². The topological polar surface area (TPSA) is 39.7 Å². The quantitative estimate of drug-likeness (QED) is 0.631. The molecule has 4 nitrogen and oxygen atoms in total. The summed E-state index contributed by atoms with van der Waals surface area (Å²) < 4.78 is 15.9. The maximum Gasteiger partial charge on any atom is 0.119 e. The largest absolute Gasteiger partial charge is 0.497 e. The van der Waals surface area contributed by atoms with E-state index in [4.69, 9.17) is 14.2 Å². The maximum absolute atomic E-state index is 5.58. The molecule has 0 fully saturated rings. The molecule has 0 saturated carbocycles. The first-order valence-corrected chi connectivity index (χ1v) is 7.20. The first-order chi connectivity index (χ1) is 9.80. The third-order valence-corrected chi connectivity index (χ3v) is 3.13. The van der Waals surface area contributed by atoms with E-state index in [0.29, 0.717) is 5.92 Å². The van der Waals surface area contributed by atoms with Crippen LogP contribution in [0.5, 0.6) is 5.75 Å². The van der Waals surface area contributed by atoms with E-state index < -0.39 is 0 Å². The lowest BCUT2D eigenvalue weighted by Crippen LogP contribution is -2.30. The standard InChI is InChI=1S/C16H27NO3/c1-4-20-13-15(12-17-8-9-18-2)10-14-6-5-7-16(11-14)19-3/h5-7,11,15,17H,4,8-10,12-13H2,1-3H3. The van der Waals surface area contributed by atoms with Crippen LogP contribution >= 0.6 is 0 Å². The molecule has 0 aliphatic heterocycles. The minimum absolute atomic E-state index is 0.457. The van der Waals surface area contributed by atoms with Crippen molar-refractivity contribution in [3.8, 4) is 5.75 Å². The highest BCUT2D eigenvalue weighted by molar-refractivity contribution is 5.28. The Bertz CT molecular complexity index is 357. The van der Waals surface area contributed by atoms with E-state index in [2.05, 4.69) is 17.4 Å². The summed E-state index contributed by atoms with van der Waals surface area (Å²) in [5.74, 6) is 1.36. The van der Waals surface area contributed by atoms with Gasteiger partial charge >= 0.3 is 0 Å². The molecule has 0 radical (unpaired) electrons. The number of methoxy groups -OCH3 is 2. The molecule has 1 atom stereocenters. The molecule has 20 heavy (non-hydrogen) atoms. The molecule has 1 unspecified atom stereocenters. The van der Waals surface area contributed by atoms with E-state index in [1.54, 1.807) is 14.2 Å². The Balaban J connectivity index is 2.48. The number of hydrogen-bond donors (Lipinski definition) is 1. The van der Waals surface area contributed by atoms with Gasteiger partial charge in [0.05, 0.1) is 20.3 Å². The molecule has 0 amide bonds. The van der Waals surface area contributed by atoms with E-state index in [1.165, 1.54) is 5.56 Å². The minimum atomic E-state index is 0.457. The fourth-order valence-corrected chi connectivity index (χ4v) is 2.09. The second-order valence-electron chi connectivity index (χ2n) is 4.78. The first-order valence-electron chi connectivity index (χ1n) is 7.20. The summed E-state index contributed by atoms with van der Waals surface area (Å²) in [7, 11) is 3.42. The van der Waals surface area contributed by atoms with Crippen molar-refractivity contribution in [2.45, 2.75) is 13.3 Å². The zero-order chi connectivity index (χ0) is 14.6. The van der Waals surface area contributed by atoms with Gasteiger partial charge in [-0.05, 0) is 37.0 Å². The molecular weight excluding hydrogens is 254 g/mol. The predicted octanol–water partition coefficient (Wildman–Crippen LogP) is 2.13. The van der Waals surface area contributed by atoms with Crippen LogP contribution in [0.2, 0.25) is 0 Å². The summed E-state index contributed by atoms with van der Waals surface area (Å²) in [6.07, 6.45) is 0.983. The van der Waals surface area contributed by atoms with Crippen LogP contribution in [0.4, 0.5) is 0 Å². The predicted molar refractivity (Wildman–Crippen MR) is 81.4 cm³/mol. The molecule has 1 N–H and O–H groups in total. The number of hydrogen-bond acceptors (Lipinski definition) is 4. The van der Waals surface area contributed by atoms with Crippen LogP contribution in [0, 0.1) is 5.92 Å². The molecular formula is C16H27NO3.